The van der Waals surface area contributed by atoms with Crippen LogP contribution >= 0.6 is 8.19 Å². The van der Waals surface area contributed by atoms with Crippen molar-refractivity contribution in [2.45, 2.75) is 0 Å². The zero-order valence-electron chi connectivity index (χ0n) is 4.72. The van der Waals surface area contributed by atoms with Crippen LogP contribution in [-0.2, 0) is 0 Å². The van der Waals surface area contributed by atoms with E-state index in [0.29, 0.717) is 8.19 Å². The summed E-state index contributed by atoms with van der Waals surface area (Å²) < 4.78 is 0. The Morgan fingerprint density at radius 2 is 2.33 bits per heavy atom. The lowest BCUT2D eigenvalue weighted by Crippen LogP contribution is -2.07. The highest BCUT2D eigenvalue weighted by Crippen LogP contribution is 2.12. The average Bonchev–Trinajstić information content (AvgIpc) is 2.12. The maximum atomic E-state index is 10.3. The third kappa shape index (κ3) is 1.88. The van der Waals surface area contributed by atoms with E-state index in [-0.39, 0.29) is 11.4 Å². The van der Waals surface area contributed by atoms with Crippen molar-refractivity contribution in [3.63, 3.8) is 0 Å². The molecule has 1 unspecified atom stereocenters. The maximum Gasteiger partial charge on any atom is 0.252 e. The van der Waals surface area contributed by atoms with Crippen molar-refractivity contribution in [2.24, 2.45) is 5.73 Å². The van der Waals surface area contributed by atoms with E-state index >= 15 is 0 Å². The summed E-state index contributed by atoms with van der Waals surface area (Å²) in [5.41, 5.74) is 4.96. The highest BCUT2D eigenvalue weighted by atomic mass is 31.0. The van der Waals surface area contributed by atoms with Crippen molar-refractivity contribution in [3.8, 4) is 0 Å². The fourth-order valence-electron chi connectivity index (χ4n) is 0.484. The highest BCUT2D eigenvalue weighted by molar-refractivity contribution is 7.31. The van der Waals surface area contributed by atoms with Gasteiger partial charge in [-0.3, -0.25) is 4.79 Å². The van der Waals surface area contributed by atoms with Gasteiger partial charge >= 0.3 is 0 Å². The molecule has 3 nitrogen and oxygen atoms in total. The molecule has 4 N–H and O–H groups in total. The Morgan fingerprint density at radius 3 is 2.56 bits per heavy atom. The van der Waals surface area contributed by atoms with Crippen LogP contribution in [0.3, 0.4) is 0 Å². The van der Waals surface area contributed by atoms with Crippen LogP contribution in [0.15, 0.2) is 17.9 Å². The van der Waals surface area contributed by atoms with Crippen LogP contribution < -0.4 is 5.73 Å². The van der Waals surface area contributed by atoms with Crippen LogP contribution in [0.25, 0.3) is 0 Å². The number of primary amides is 1. The molecule has 1 heterocycles. The highest BCUT2D eigenvalue weighted by Gasteiger charge is 1.94. The van der Waals surface area contributed by atoms with Gasteiger partial charge in [0.05, 0.1) is 5.30 Å². The van der Waals surface area contributed by atoms with E-state index in [1.807, 2.05) is 11.9 Å². The first-order valence-corrected chi connectivity index (χ1v) is 3.31. The Labute approximate surface area is 54.3 Å². The Morgan fingerprint density at radius 1 is 1.67 bits per heavy atom. The van der Waals surface area contributed by atoms with E-state index in [2.05, 4.69) is 0 Å². The molecule has 0 spiro atoms. The Hall–Kier alpha value is -0.790. The number of hydrogen-bond acceptors (Lipinski definition) is 1. The number of carbonyl (C=O) groups is 1. The van der Waals surface area contributed by atoms with Crippen LogP contribution in [0.1, 0.15) is 10.1 Å². The van der Waals surface area contributed by atoms with Crippen molar-refractivity contribution >= 4 is 14.1 Å². The number of nitrogens with two attached hydrogens (primary N) is 1. The predicted molar refractivity (Wildman–Crippen MR) is 38.1 cm³/mol. The van der Waals surface area contributed by atoms with Crippen LogP contribution in [0.2, 0.25) is 0 Å². The minimum Gasteiger partial charge on any atom is -0.412 e. The normalized spacial score (nSPS) is 8.89. The van der Waals surface area contributed by atoms with Crippen LogP contribution in [-0.4, -0.2) is 11.4 Å². The summed E-state index contributed by atoms with van der Waals surface area (Å²) in [6, 6.07) is 3.60. The van der Waals surface area contributed by atoms with Gasteiger partial charge in [0.25, 0.3) is 5.91 Å². The average molecular weight is 145 g/mol. The van der Waals surface area contributed by atoms with Crippen molar-refractivity contribution in [1.29, 1.82) is 0 Å². The fourth-order valence-corrected chi connectivity index (χ4v) is 1.19. The van der Waals surface area contributed by atoms with Gasteiger partial charge in [0, 0.05) is 0 Å². The molecule has 0 aliphatic carbocycles. The summed E-state index contributed by atoms with van der Waals surface area (Å²) in [5, 5.41) is 0.727. The number of rotatable bonds is 1. The molecule has 1 aromatic rings. The lowest BCUT2D eigenvalue weighted by Gasteiger charge is -1.81. The van der Waals surface area contributed by atoms with E-state index in [1.54, 1.807) is 6.07 Å². The third-order valence-corrected chi connectivity index (χ3v) is 1.95. The molecule has 4 heteroatoms. The first kappa shape index (κ1) is 8.21. The van der Waals surface area contributed by atoms with Crippen molar-refractivity contribution in [1.82, 2.24) is 0 Å². The van der Waals surface area contributed by atoms with Gasteiger partial charge in [0.2, 0.25) is 0 Å². The first-order chi connectivity index (χ1) is 3.80. The smallest absolute Gasteiger partial charge is 0.252 e. The lowest BCUT2D eigenvalue weighted by atomic mass is 10.5. The summed E-state index contributed by atoms with van der Waals surface area (Å²) in [7, 11) is 0.486. The molecule has 9 heavy (non-hydrogen) atoms. The van der Waals surface area contributed by atoms with Gasteiger partial charge in [-0.2, -0.15) is 0 Å². The van der Waals surface area contributed by atoms with E-state index in [9.17, 15) is 4.79 Å². The molecule has 1 atom stereocenters. The largest absolute Gasteiger partial charge is 0.412 e. The van der Waals surface area contributed by atoms with E-state index < -0.39 is 0 Å². The van der Waals surface area contributed by atoms with Crippen molar-refractivity contribution in [3.05, 3.63) is 23.2 Å². The molecule has 0 saturated carbocycles. The molecule has 0 aromatic carbocycles. The summed E-state index contributed by atoms with van der Waals surface area (Å²) >= 11 is 0. The molecule has 50 valence electrons. The molecular formula is C5H8NO2P. The second-order valence-corrected chi connectivity index (χ2v) is 2.61. The minimum atomic E-state index is -0.298. The van der Waals surface area contributed by atoms with Crippen LogP contribution in [0.4, 0.5) is 0 Å². The molecule has 1 rings (SSSR count). The van der Waals surface area contributed by atoms with Crippen molar-refractivity contribution in [2.75, 3.05) is 0 Å². The van der Waals surface area contributed by atoms with Gasteiger partial charge in [-0.15, -0.1) is 8.19 Å². The Balaban J connectivity index is 0.000000640. The second kappa shape index (κ2) is 3.28. The summed E-state index contributed by atoms with van der Waals surface area (Å²) in [6.45, 7) is 0. The molecule has 0 saturated heterocycles. The molecule has 0 bridgehead atoms. The zero-order chi connectivity index (χ0) is 5.98. The van der Waals surface area contributed by atoms with Crippen molar-refractivity contribution < 1.29 is 10.3 Å². The quantitative estimate of drug-likeness (QED) is 0.593. The minimum absolute atomic E-state index is 0. The number of amides is 1. The summed E-state index contributed by atoms with van der Waals surface area (Å²) in [4.78, 5) is 10.3. The second-order valence-electron chi connectivity index (χ2n) is 1.45. The third-order valence-electron chi connectivity index (χ3n) is 0.863. The van der Waals surface area contributed by atoms with Gasteiger partial charge in [-0.1, -0.05) is 6.07 Å². The molecule has 0 aliphatic heterocycles. The molecule has 1 aromatic heterocycles. The predicted octanol–water partition coefficient (Wildman–Crippen LogP) is -0.00790. The van der Waals surface area contributed by atoms with Gasteiger partial charge in [0.1, 0.15) is 0 Å². The SMILES string of the molecule is NC(=O)c1ccc[pH]1.O. The molecular weight excluding hydrogens is 137 g/mol. The number of hydrogen-bond donors (Lipinski definition) is 1. The van der Waals surface area contributed by atoms with E-state index in [0.717, 1.165) is 5.30 Å². The van der Waals surface area contributed by atoms with Gasteiger partial charge < -0.3 is 11.2 Å². The van der Waals surface area contributed by atoms with Crippen LogP contribution in [0, 0.1) is 0 Å². The Bertz CT molecular complexity index is 183. The number of carbonyl (C=O) groups excluding carboxylic acids is 1. The van der Waals surface area contributed by atoms with Gasteiger partial charge in [0.15, 0.2) is 0 Å². The van der Waals surface area contributed by atoms with Gasteiger partial charge in [-0.25, -0.2) is 0 Å². The van der Waals surface area contributed by atoms with E-state index in [1.165, 1.54) is 0 Å². The lowest BCUT2D eigenvalue weighted by molar-refractivity contribution is 0.100. The Kier molecular flexibility index (Phi) is 2.99. The fraction of sp³-hybridized carbons (Fsp3) is 0. The van der Waals surface area contributed by atoms with Crippen LogP contribution in [0.5, 0.6) is 0 Å². The summed E-state index contributed by atoms with van der Waals surface area (Å²) in [6.07, 6.45) is 0. The standard InChI is InChI=1S/C5H6NOP.H2O/c6-5(7)4-2-1-3-8-4;/h1-3,8H,(H2,6,7);1H2. The topological polar surface area (TPSA) is 74.6 Å². The zero-order valence-corrected chi connectivity index (χ0v) is 5.72. The first-order valence-electron chi connectivity index (χ1n) is 2.24. The monoisotopic (exact) mass is 145 g/mol. The molecule has 0 aliphatic rings. The molecule has 0 radical (unpaired) electrons. The maximum absolute atomic E-state index is 10.3. The summed E-state index contributed by atoms with van der Waals surface area (Å²) in [5.74, 6) is 1.63. The molecule has 1 amide bonds. The van der Waals surface area contributed by atoms with E-state index in [4.69, 9.17) is 5.73 Å². The van der Waals surface area contributed by atoms with Gasteiger partial charge in [-0.05, 0) is 11.9 Å². The molecule has 0 fully saturated rings.